The summed E-state index contributed by atoms with van der Waals surface area (Å²) in [5, 5.41) is 17.6. The molecule has 4 rings (SSSR count). The molecule has 0 aliphatic heterocycles. The van der Waals surface area contributed by atoms with Crippen LogP contribution in [-0.2, 0) is 4.79 Å². The molecule has 1 fully saturated rings. The van der Waals surface area contributed by atoms with Crippen molar-refractivity contribution in [2.45, 2.75) is 38.3 Å². The van der Waals surface area contributed by atoms with E-state index >= 15 is 0 Å². The third kappa shape index (κ3) is 3.84. The fourth-order valence-corrected chi connectivity index (χ4v) is 5.01. The number of carbonyl (C=O) groups excluding carboxylic acids is 1. The van der Waals surface area contributed by atoms with Crippen LogP contribution in [0.1, 0.15) is 26.2 Å². The Morgan fingerprint density at radius 1 is 1.38 bits per heavy atom. The third-order valence-corrected chi connectivity index (χ3v) is 6.56. The lowest BCUT2D eigenvalue weighted by atomic mass is 10.1. The Bertz CT molecular complexity index is 1370. The molecule has 0 aromatic carbocycles. The summed E-state index contributed by atoms with van der Waals surface area (Å²) in [5.74, 6) is -0.111. The number of carbonyl (C=O) groups is 1. The summed E-state index contributed by atoms with van der Waals surface area (Å²) in [6.45, 7) is 5.33. The molecule has 1 amide bonds. The lowest BCUT2D eigenvalue weighted by molar-refractivity contribution is -0.117. The van der Waals surface area contributed by atoms with Crippen LogP contribution in [0.3, 0.4) is 0 Å². The van der Waals surface area contributed by atoms with Gasteiger partial charge in [-0.3, -0.25) is 4.79 Å². The predicted octanol–water partition coefficient (Wildman–Crippen LogP) is 1.49. The van der Waals surface area contributed by atoms with Crippen LogP contribution in [0, 0.1) is 0 Å². The van der Waals surface area contributed by atoms with Gasteiger partial charge in [0.2, 0.25) is 11.8 Å². The van der Waals surface area contributed by atoms with Gasteiger partial charge < -0.3 is 21.5 Å². The number of nitrogens with zero attached hydrogens (tertiary/aromatic N) is 3. The van der Waals surface area contributed by atoms with Gasteiger partial charge in [-0.15, -0.1) is 11.3 Å². The average Bonchev–Trinajstić information content (AvgIpc) is 3.37. The van der Waals surface area contributed by atoms with Gasteiger partial charge in [0.25, 0.3) is 0 Å². The molecule has 0 unspecified atom stereocenters. The third-order valence-electron chi connectivity index (χ3n) is 5.47. The number of thiophene rings is 1. The van der Waals surface area contributed by atoms with E-state index in [1.807, 2.05) is 6.92 Å². The van der Waals surface area contributed by atoms with Crippen molar-refractivity contribution < 1.29 is 9.90 Å². The van der Waals surface area contributed by atoms with Crippen LogP contribution in [0.15, 0.2) is 47.9 Å². The van der Waals surface area contributed by atoms with Crippen molar-refractivity contribution in [2.75, 3.05) is 0 Å². The number of allylic oxidation sites excluding steroid dienone is 3. The van der Waals surface area contributed by atoms with Gasteiger partial charge in [0.15, 0.2) is 0 Å². The lowest BCUT2D eigenvalue weighted by Crippen LogP contribution is -2.46. The van der Waals surface area contributed by atoms with Crippen molar-refractivity contribution in [2.24, 2.45) is 5.73 Å². The number of aliphatic hydroxyl groups excluding tert-OH is 1. The van der Waals surface area contributed by atoms with E-state index in [1.165, 1.54) is 22.0 Å². The minimum absolute atomic E-state index is 0.0962. The molecular formula is C22H24N6O3S. The summed E-state index contributed by atoms with van der Waals surface area (Å²) in [4.78, 5) is 33.8. The molecule has 3 aromatic rings. The minimum atomic E-state index is -0.548. The van der Waals surface area contributed by atoms with E-state index in [4.69, 9.17) is 5.73 Å². The Morgan fingerprint density at radius 2 is 2.12 bits per heavy atom. The summed E-state index contributed by atoms with van der Waals surface area (Å²) in [7, 11) is 0. The summed E-state index contributed by atoms with van der Waals surface area (Å²) >= 11 is 1.24. The van der Waals surface area contributed by atoms with Crippen LogP contribution in [0.25, 0.3) is 33.0 Å². The number of amides is 1. The van der Waals surface area contributed by atoms with Crippen LogP contribution in [-0.4, -0.2) is 37.6 Å². The second-order valence-electron chi connectivity index (χ2n) is 7.49. The smallest absolute Gasteiger partial charge is 0.354 e. The number of hydrogen-bond donors (Lipinski definition) is 4. The summed E-state index contributed by atoms with van der Waals surface area (Å²) in [5.41, 5.74) is 6.51. The zero-order chi connectivity index (χ0) is 22.8. The predicted molar refractivity (Wildman–Crippen MR) is 127 cm³/mol. The molecule has 1 aliphatic carbocycles. The minimum Gasteiger partial charge on any atom is -0.494 e. The number of pyridine rings is 1. The highest BCUT2D eigenvalue weighted by Crippen LogP contribution is 2.26. The summed E-state index contributed by atoms with van der Waals surface area (Å²) in [6, 6.07) is 1.42. The van der Waals surface area contributed by atoms with E-state index in [0.717, 1.165) is 19.3 Å². The number of nitrogens with two attached hydrogens (primary N) is 1. The molecule has 32 heavy (non-hydrogen) atoms. The highest BCUT2D eigenvalue weighted by molar-refractivity contribution is 7.17. The number of hydrogen-bond acceptors (Lipinski definition) is 8. The van der Waals surface area contributed by atoms with E-state index in [9.17, 15) is 14.7 Å². The number of nitrogens with one attached hydrogen (secondary N) is 2. The van der Waals surface area contributed by atoms with Gasteiger partial charge in [-0.05, 0) is 44.4 Å². The Morgan fingerprint density at radius 3 is 2.84 bits per heavy atom. The van der Waals surface area contributed by atoms with Crippen molar-refractivity contribution >= 4 is 50.2 Å². The fourth-order valence-electron chi connectivity index (χ4n) is 4.00. The van der Waals surface area contributed by atoms with E-state index in [-0.39, 0.29) is 29.7 Å². The molecule has 166 valence electrons. The van der Waals surface area contributed by atoms with Crippen LogP contribution >= 0.6 is 11.3 Å². The molecule has 1 saturated carbocycles. The van der Waals surface area contributed by atoms with Gasteiger partial charge in [0, 0.05) is 18.3 Å². The van der Waals surface area contributed by atoms with Crippen molar-refractivity contribution in [3.63, 3.8) is 0 Å². The van der Waals surface area contributed by atoms with Gasteiger partial charge in [0.1, 0.15) is 20.7 Å². The molecule has 0 spiro atoms. The van der Waals surface area contributed by atoms with Crippen LogP contribution < -0.4 is 26.6 Å². The molecule has 3 aromatic heterocycles. The van der Waals surface area contributed by atoms with Gasteiger partial charge in [-0.2, -0.15) is 4.98 Å². The Hall–Kier alpha value is -3.66. The summed E-state index contributed by atoms with van der Waals surface area (Å²) < 4.78 is 1.75. The van der Waals surface area contributed by atoms with Gasteiger partial charge >= 0.3 is 5.69 Å². The van der Waals surface area contributed by atoms with Crippen LogP contribution in [0.4, 0.5) is 0 Å². The quantitative estimate of drug-likeness (QED) is 0.329. The molecule has 0 bridgehead atoms. The maximum Gasteiger partial charge on any atom is 0.354 e. The molecule has 3 heterocycles. The second-order valence-corrected chi connectivity index (χ2v) is 8.49. The topological polar surface area (TPSA) is 135 Å². The van der Waals surface area contributed by atoms with Crippen molar-refractivity contribution in [3.8, 4) is 0 Å². The Kier molecular flexibility index (Phi) is 5.95. The SMILES string of the molecule is C=CC(=O)N[C@@H]1CCC[C@@H]1NC(O)=c1sc2nccc3c2c1nc(=O)n3/C(N)=C/C=C\C. The average molecular weight is 453 g/mol. The highest BCUT2D eigenvalue weighted by atomic mass is 32.1. The molecule has 0 saturated heterocycles. The molecule has 5 N–H and O–H groups in total. The van der Waals surface area contributed by atoms with E-state index in [1.54, 1.807) is 30.5 Å². The van der Waals surface area contributed by atoms with E-state index in [0.29, 0.717) is 25.8 Å². The lowest BCUT2D eigenvalue weighted by Gasteiger charge is -2.21. The van der Waals surface area contributed by atoms with E-state index < -0.39 is 5.69 Å². The van der Waals surface area contributed by atoms with Gasteiger partial charge in [-0.25, -0.2) is 14.3 Å². The molecular weight excluding hydrogens is 428 g/mol. The highest BCUT2D eigenvalue weighted by Gasteiger charge is 2.29. The Labute approximate surface area is 187 Å². The first-order valence-corrected chi connectivity index (χ1v) is 11.1. The zero-order valence-electron chi connectivity index (χ0n) is 17.5. The maximum absolute atomic E-state index is 12.9. The molecule has 2 atom stereocenters. The normalized spacial score (nSPS) is 20.2. The second kappa shape index (κ2) is 8.83. The molecule has 0 radical (unpaired) electrons. The number of aliphatic hydroxyl groups is 1. The first-order valence-electron chi connectivity index (χ1n) is 10.3. The Balaban J connectivity index is 1.83. The largest absolute Gasteiger partial charge is 0.494 e. The van der Waals surface area contributed by atoms with Crippen molar-refractivity contribution in [3.05, 3.63) is 58.2 Å². The fraction of sp³-hybridized carbons (Fsp3) is 0.273. The molecule has 9 nitrogen and oxygen atoms in total. The first-order chi connectivity index (χ1) is 15.4. The van der Waals surface area contributed by atoms with Crippen molar-refractivity contribution in [1.82, 2.24) is 25.2 Å². The van der Waals surface area contributed by atoms with Gasteiger partial charge in [-0.1, -0.05) is 18.7 Å². The maximum atomic E-state index is 12.9. The van der Waals surface area contributed by atoms with Crippen LogP contribution in [0.5, 0.6) is 0 Å². The number of rotatable bonds is 6. The standard InChI is InChI=1S/C22H24N6O3S/c1-3-5-9-15(23)28-14-10-11-24-21-17(14)18(27-22(28)31)19(32-21)20(30)26-13-8-6-7-12(13)25-16(29)4-2/h3-5,9-13,26,30H,2,6-8,23H2,1H3,(H,25,29)/b5-3-,15-9+,20-19?/t12-,13+/m1/s1. The first kappa shape index (κ1) is 21.6. The van der Waals surface area contributed by atoms with E-state index in [2.05, 4.69) is 27.2 Å². The van der Waals surface area contributed by atoms with Crippen molar-refractivity contribution in [1.29, 1.82) is 0 Å². The summed E-state index contributed by atoms with van der Waals surface area (Å²) in [6.07, 6.45) is 10.5. The number of aromatic nitrogens is 3. The van der Waals surface area contributed by atoms with Crippen LogP contribution in [0.2, 0.25) is 0 Å². The molecule has 10 heteroatoms. The zero-order valence-corrected chi connectivity index (χ0v) is 18.4. The van der Waals surface area contributed by atoms with Gasteiger partial charge in [0.05, 0.1) is 10.9 Å². The molecule has 1 aliphatic rings. The monoisotopic (exact) mass is 452 g/mol.